The summed E-state index contributed by atoms with van der Waals surface area (Å²) < 4.78 is 17.9. The maximum Gasteiger partial charge on any atom is 1.00 e. The molecule has 0 spiro atoms. The summed E-state index contributed by atoms with van der Waals surface area (Å²) in [5, 5.41) is 25.3. The van der Waals surface area contributed by atoms with Crippen molar-refractivity contribution in [1.29, 1.82) is 0 Å². The zero-order valence-electron chi connectivity index (χ0n) is 28.2. The van der Waals surface area contributed by atoms with Crippen molar-refractivity contribution < 1.29 is 52.9 Å². The van der Waals surface area contributed by atoms with E-state index in [-0.39, 0.29) is 32.1 Å². The van der Waals surface area contributed by atoms with Gasteiger partial charge in [-0.05, 0) is 77.1 Å². The molecule has 0 aliphatic rings. The molecule has 4 aromatic carbocycles. The molecule has 0 aliphatic heterocycles. The van der Waals surface area contributed by atoms with Gasteiger partial charge in [0, 0.05) is 12.1 Å². The second kappa shape index (κ2) is 19.7. The Morgan fingerprint density at radius 3 is 1.88 bits per heavy atom. The van der Waals surface area contributed by atoms with Crippen LogP contribution >= 0.6 is 0 Å². The number of nitrogens with one attached hydrogen (secondary N) is 1. The monoisotopic (exact) mass is 645 g/mol. The summed E-state index contributed by atoms with van der Waals surface area (Å²) in [7, 11) is 3.25. The van der Waals surface area contributed by atoms with Gasteiger partial charge in [-0.3, -0.25) is 0 Å². The molecule has 2 N–H and O–H groups in total. The Balaban J connectivity index is 0.00000625. The van der Waals surface area contributed by atoms with Crippen molar-refractivity contribution in [2.24, 2.45) is 0 Å². The maximum absolute atomic E-state index is 12.1. The van der Waals surface area contributed by atoms with Gasteiger partial charge in [-0.2, -0.15) is 0 Å². The van der Waals surface area contributed by atoms with Crippen LogP contribution in [0.5, 0.6) is 11.5 Å². The summed E-state index contributed by atoms with van der Waals surface area (Å²) in [6, 6.07) is 30.1. The first-order chi connectivity index (χ1) is 22.9. The van der Waals surface area contributed by atoms with Crippen LogP contribution in [0.3, 0.4) is 0 Å². The number of carbonyl (C=O) groups excluding carboxylic acids is 2. The fourth-order valence-electron chi connectivity index (χ4n) is 5.84. The van der Waals surface area contributed by atoms with Gasteiger partial charge in [-0.1, -0.05) is 86.3 Å². The SMILES string of the molecule is COc1ccc(C(OCc2cc(CO)cc(NC(CCCCCCCC=O)C(=O)[O-])c2)(c2ccccc2)c2ccc(OC)cc2)cc1.[Li+]. The van der Waals surface area contributed by atoms with Crippen molar-refractivity contribution in [3.8, 4) is 11.5 Å². The fourth-order valence-corrected chi connectivity index (χ4v) is 5.84. The average molecular weight is 646 g/mol. The number of benzene rings is 4. The van der Waals surface area contributed by atoms with Crippen LogP contribution in [0.2, 0.25) is 0 Å². The molecule has 4 rings (SSSR count). The average Bonchev–Trinajstić information content (AvgIpc) is 3.11. The molecular formula is C39H44LiNO7. The molecule has 1 unspecified atom stereocenters. The predicted octanol–water partition coefficient (Wildman–Crippen LogP) is 3.17. The molecule has 8 nitrogen and oxygen atoms in total. The van der Waals surface area contributed by atoms with Gasteiger partial charge in [0.15, 0.2) is 0 Å². The Hall–Kier alpha value is -4.06. The number of carbonyl (C=O) groups is 2. The van der Waals surface area contributed by atoms with Gasteiger partial charge in [-0.25, -0.2) is 0 Å². The first-order valence-corrected chi connectivity index (χ1v) is 16.1. The van der Waals surface area contributed by atoms with Gasteiger partial charge >= 0.3 is 18.9 Å². The van der Waals surface area contributed by atoms with Crippen molar-refractivity contribution in [3.05, 3.63) is 125 Å². The topological polar surface area (TPSA) is 117 Å². The van der Waals surface area contributed by atoms with Crippen LogP contribution in [-0.2, 0) is 33.1 Å². The molecule has 0 saturated carbocycles. The number of aliphatic hydroxyl groups excluding tert-OH is 1. The smallest absolute Gasteiger partial charge is 0.548 e. The molecule has 248 valence electrons. The number of methoxy groups -OCH3 is 2. The van der Waals surface area contributed by atoms with Crippen LogP contribution in [0, 0.1) is 0 Å². The Morgan fingerprint density at radius 1 is 0.792 bits per heavy atom. The van der Waals surface area contributed by atoms with Crippen molar-refractivity contribution in [2.75, 3.05) is 19.5 Å². The summed E-state index contributed by atoms with van der Waals surface area (Å²) >= 11 is 0. The predicted molar refractivity (Wildman–Crippen MR) is 180 cm³/mol. The van der Waals surface area contributed by atoms with Gasteiger partial charge < -0.3 is 39.3 Å². The fraction of sp³-hybridized carbons (Fsp3) is 0.333. The van der Waals surface area contributed by atoms with Crippen molar-refractivity contribution in [3.63, 3.8) is 0 Å². The number of carboxylic acid groups (broad SMARTS) is 1. The van der Waals surface area contributed by atoms with E-state index in [9.17, 15) is 19.8 Å². The van der Waals surface area contributed by atoms with Gasteiger partial charge in [0.2, 0.25) is 0 Å². The Labute approximate surface area is 295 Å². The molecule has 0 saturated heterocycles. The summed E-state index contributed by atoms with van der Waals surface area (Å²) in [5.74, 6) is 0.259. The minimum atomic E-state index is -1.18. The van der Waals surface area contributed by atoms with Gasteiger partial charge in [0.1, 0.15) is 23.4 Å². The van der Waals surface area contributed by atoms with Crippen molar-refractivity contribution in [2.45, 2.75) is 69.8 Å². The molecule has 0 amide bonds. The van der Waals surface area contributed by atoms with E-state index in [2.05, 4.69) is 5.32 Å². The van der Waals surface area contributed by atoms with E-state index in [1.54, 1.807) is 20.3 Å². The summed E-state index contributed by atoms with van der Waals surface area (Å²) in [4.78, 5) is 22.6. The van der Waals surface area contributed by atoms with E-state index in [0.717, 1.165) is 65.7 Å². The number of ether oxygens (including phenoxy) is 3. The number of aliphatic carboxylic acids is 1. The molecule has 0 radical (unpaired) electrons. The molecule has 0 aromatic heterocycles. The summed E-state index contributed by atoms with van der Waals surface area (Å²) in [5.41, 5.74) is 3.59. The van der Waals surface area contributed by atoms with E-state index in [0.29, 0.717) is 30.5 Å². The summed E-state index contributed by atoms with van der Waals surface area (Å²) in [6.07, 6.45) is 6.22. The van der Waals surface area contributed by atoms with E-state index >= 15 is 0 Å². The van der Waals surface area contributed by atoms with Gasteiger partial charge in [-0.15, -0.1) is 0 Å². The molecule has 48 heavy (non-hydrogen) atoms. The van der Waals surface area contributed by atoms with E-state index in [1.807, 2.05) is 91.0 Å². The largest absolute Gasteiger partial charge is 1.00 e. The molecule has 1 atom stereocenters. The number of anilines is 1. The second-order valence-electron chi connectivity index (χ2n) is 11.5. The number of aliphatic hydroxyl groups is 1. The molecule has 0 fully saturated rings. The number of unbranched alkanes of at least 4 members (excludes halogenated alkanes) is 5. The minimum absolute atomic E-state index is 0. The van der Waals surface area contributed by atoms with Gasteiger partial charge in [0.25, 0.3) is 0 Å². The van der Waals surface area contributed by atoms with E-state index in [4.69, 9.17) is 14.2 Å². The molecule has 9 heteroatoms. The van der Waals surface area contributed by atoms with Crippen LogP contribution in [-0.4, -0.2) is 37.6 Å². The Morgan fingerprint density at radius 2 is 1.33 bits per heavy atom. The molecule has 4 aromatic rings. The zero-order chi connectivity index (χ0) is 33.5. The van der Waals surface area contributed by atoms with Crippen molar-refractivity contribution in [1.82, 2.24) is 0 Å². The third-order valence-corrected chi connectivity index (χ3v) is 8.30. The number of aldehydes is 1. The van der Waals surface area contributed by atoms with Crippen molar-refractivity contribution >= 4 is 17.9 Å². The van der Waals surface area contributed by atoms with Crippen LogP contribution in [0.1, 0.15) is 72.8 Å². The second-order valence-corrected chi connectivity index (χ2v) is 11.5. The third kappa shape index (κ3) is 10.2. The zero-order valence-corrected chi connectivity index (χ0v) is 28.2. The first kappa shape index (κ1) is 38.4. The van der Waals surface area contributed by atoms with E-state index in [1.165, 1.54) is 0 Å². The molecular weight excluding hydrogens is 601 g/mol. The van der Waals surface area contributed by atoms with Crippen LogP contribution in [0.25, 0.3) is 0 Å². The standard InChI is InChI=1S/C39H45NO7.Li/c1-45-35-19-15-32(16-20-35)39(31-12-8-7-9-13-31,33-17-21-36(46-2)22-18-33)47-28-30-24-29(27-42)25-34(26-30)40-37(38(43)44)14-10-5-3-4-6-11-23-41;/h7-9,12-13,15-26,37,40,42H,3-6,10-11,14,27-28H2,1-2H3,(H,43,44);/q;+1/p-1. The van der Waals surface area contributed by atoms with Crippen LogP contribution in [0.15, 0.2) is 97.1 Å². The summed E-state index contributed by atoms with van der Waals surface area (Å²) in [6.45, 7) is -0.0770. The quantitative estimate of drug-likeness (QED) is 0.0652. The number of rotatable bonds is 20. The Kier molecular flexibility index (Phi) is 15.7. The molecule has 0 bridgehead atoms. The molecule has 0 heterocycles. The molecule has 0 aliphatic carbocycles. The minimum Gasteiger partial charge on any atom is -0.548 e. The van der Waals surface area contributed by atoms with Gasteiger partial charge in [0.05, 0.1) is 39.4 Å². The third-order valence-electron chi connectivity index (χ3n) is 8.30. The first-order valence-electron chi connectivity index (χ1n) is 16.1. The Bertz CT molecular complexity index is 1500. The number of hydrogen-bond acceptors (Lipinski definition) is 8. The number of hydrogen-bond donors (Lipinski definition) is 2. The maximum atomic E-state index is 12.1. The van der Waals surface area contributed by atoms with Crippen LogP contribution in [0.4, 0.5) is 5.69 Å². The number of carboxylic acids is 1. The van der Waals surface area contributed by atoms with Crippen LogP contribution < -0.4 is 38.8 Å². The van der Waals surface area contributed by atoms with E-state index < -0.39 is 17.6 Å². The normalized spacial score (nSPS) is 11.6.